The van der Waals surface area contributed by atoms with Gasteiger partial charge in [0.25, 0.3) is 11.8 Å². The average Bonchev–Trinajstić information content (AvgIpc) is 3.35. The summed E-state index contributed by atoms with van der Waals surface area (Å²) in [7, 11) is 0. The van der Waals surface area contributed by atoms with Crippen molar-refractivity contribution in [1.82, 2.24) is 15.2 Å². The summed E-state index contributed by atoms with van der Waals surface area (Å²) in [5, 5.41) is 3.96. The summed E-state index contributed by atoms with van der Waals surface area (Å²) < 4.78 is 0. The van der Waals surface area contributed by atoms with Gasteiger partial charge in [0.15, 0.2) is 0 Å². The molecule has 2 N–H and O–H groups in total. The summed E-state index contributed by atoms with van der Waals surface area (Å²) in [6.07, 6.45) is 2.73. The molecule has 0 aliphatic carbocycles. The van der Waals surface area contributed by atoms with Gasteiger partial charge in [0.2, 0.25) is 5.91 Å². The number of imide groups is 1. The van der Waals surface area contributed by atoms with Crippen LogP contribution in [0.15, 0.2) is 79.0 Å². The molecular weight excluding hydrogens is 414 g/mol. The summed E-state index contributed by atoms with van der Waals surface area (Å²) >= 11 is 0. The van der Waals surface area contributed by atoms with E-state index in [4.69, 9.17) is 0 Å². The number of benzene rings is 3. The van der Waals surface area contributed by atoms with E-state index in [1.165, 1.54) is 4.90 Å². The van der Waals surface area contributed by atoms with Gasteiger partial charge < -0.3 is 10.3 Å². The van der Waals surface area contributed by atoms with E-state index in [2.05, 4.69) is 10.3 Å². The molecular formula is C27H23N3O3. The Kier molecular flexibility index (Phi) is 5.48. The van der Waals surface area contributed by atoms with Crippen molar-refractivity contribution in [2.24, 2.45) is 0 Å². The number of carbonyl (C=O) groups excluding carboxylic acids is 3. The number of nitrogens with one attached hydrogen (secondary N) is 2. The number of amides is 3. The largest absolute Gasteiger partial charge is 0.361 e. The number of rotatable bonds is 7. The van der Waals surface area contributed by atoms with Crippen LogP contribution in [0.5, 0.6) is 0 Å². The molecule has 1 aliphatic heterocycles. The number of carbonyl (C=O) groups is 3. The van der Waals surface area contributed by atoms with Gasteiger partial charge in [0.05, 0.1) is 17.5 Å². The third kappa shape index (κ3) is 4.15. The third-order valence-corrected chi connectivity index (χ3v) is 6.01. The lowest BCUT2D eigenvalue weighted by Crippen LogP contribution is -2.31. The van der Waals surface area contributed by atoms with Crippen LogP contribution in [0.1, 0.15) is 37.4 Å². The number of nitrogens with zero attached hydrogens (tertiary/aromatic N) is 1. The van der Waals surface area contributed by atoms with Crippen LogP contribution < -0.4 is 5.32 Å². The maximum absolute atomic E-state index is 12.6. The molecule has 0 saturated heterocycles. The van der Waals surface area contributed by atoms with Gasteiger partial charge in [-0.05, 0) is 47.4 Å². The molecule has 0 saturated carbocycles. The van der Waals surface area contributed by atoms with Gasteiger partial charge in [0.1, 0.15) is 0 Å². The zero-order chi connectivity index (χ0) is 22.8. The molecule has 6 heteroatoms. The molecule has 1 aromatic heterocycles. The number of aromatic nitrogens is 1. The van der Waals surface area contributed by atoms with E-state index in [1.54, 1.807) is 24.3 Å². The van der Waals surface area contributed by atoms with Crippen LogP contribution in [-0.2, 0) is 24.2 Å². The fourth-order valence-electron chi connectivity index (χ4n) is 4.26. The zero-order valence-electron chi connectivity index (χ0n) is 18.0. The minimum atomic E-state index is -0.244. The van der Waals surface area contributed by atoms with Crippen LogP contribution in [-0.4, -0.2) is 34.2 Å². The Labute approximate surface area is 191 Å². The molecule has 3 amide bonds. The quantitative estimate of drug-likeness (QED) is 0.431. The van der Waals surface area contributed by atoms with Crippen LogP contribution in [0.2, 0.25) is 0 Å². The molecule has 0 radical (unpaired) electrons. The van der Waals surface area contributed by atoms with Crippen molar-refractivity contribution in [2.75, 3.05) is 6.54 Å². The van der Waals surface area contributed by atoms with E-state index < -0.39 is 0 Å². The van der Waals surface area contributed by atoms with Crippen molar-refractivity contribution in [2.45, 2.75) is 19.4 Å². The van der Waals surface area contributed by atoms with Crippen LogP contribution >= 0.6 is 0 Å². The van der Waals surface area contributed by atoms with Crippen LogP contribution in [0, 0.1) is 0 Å². The average molecular weight is 437 g/mol. The number of fused-ring (bicyclic) bond motifs is 2. The Morgan fingerprint density at radius 2 is 1.55 bits per heavy atom. The molecule has 6 nitrogen and oxygen atoms in total. The Hall–Kier alpha value is -4.19. The van der Waals surface area contributed by atoms with E-state index in [-0.39, 0.29) is 24.1 Å². The zero-order valence-corrected chi connectivity index (χ0v) is 18.0. The van der Waals surface area contributed by atoms with Crippen molar-refractivity contribution in [3.8, 4) is 0 Å². The minimum absolute atomic E-state index is 0.0405. The molecule has 1 aliphatic rings. The second-order valence-corrected chi connectivity index (χ2v) is 8.19. The topological polar surface area (TPSA) is 82.3 Å². The normalized spacial score (nSPS) is 12.9. The van der Waals surface area contributed by atoms with Crippen LogP contribution in [0.25, 0.3) is 10.9 Å². The molecule has 164 valence electrons. The molecule has 0 atom stereocenters. The SMILES string of the molecule is O=C(Cc1ccc2[nH]cc(CCN3C(=O)c4ccccc4C3=O)c2c1)NCc1ccccc1. The van der Waals surface area contributed by atoms with Crippen LogP contribution in [0.3, 0.4) is 0 Å². The Bertz CT molecular complexity index is 1320. The summed E-state index contributed by atoms with van der Waals surface area (Å²) in [5.41, 5.74) is 4.86. The third-order valence-electron chi connectivity index (χ3n) is 6.01. The number of aromatic amines is 1. The molecule has 33 heavy (non-hydrogen) atoms. The lowest BCUT2D eigenvalue weighted by molar-refractivity contribution is -0.120. The van der Waals surface area contributed by atoms with Gasteiger partial charge in [-0.2, -0.15) is 0 Å². The van der Waals surface area contributed by atoms with Gasteiger partial charge in [-0.1, -0.05) is 48.5 Å². The van der Waals surface area contributed by atoms with Crippen molar-refractivity contribution >= 4 is 28.6 Å². The van der Waals surface area contributed by atoms with Gasteiger partial charge >= 0.3 is 0 Å². The Morgan fingerprint density at radius 1 is 0.848 bits per heavy atom. The Morgan fingerprint density at radius 3 is 2.27 bits per heavy atom. The smallest absolute Gasteiger partial charge is 0.261 e. The number of H-pyrrole nitrogens is 1. The van der Waals surface area contributed by atoms with Crippen molar-refractivity contribution in [3.05, 3.63) is 107 Å². The van der Waals surface area contributed by atoms with Gasteiger partial charge in [-0.3, -0.25) is 19.3 Å². The highest BCUT2D eigenvalue weighted by molar-refractivity contribution is 6.21. The Balaban J connectivity index is 1.25. The van der Waals surface area contributed by atoms with E-state index in [0.29, 0.717) is 30.6 Å². The van der Waals surface area contributed by atoms with E-state index in [1.807, 2.05) is 54.7 Å². The van der Waals surface area contributed by atoms with Gasteiger partial charge in [0, 0.05) is 30.2 Å². The fourth-order valence-corrected chi connectivity index (χ4v) is 4.26. The first-order valence-electron chi connectivity index (χ1n) is 10.9. The van der Waals surface area contributed by atoms with Crippen molar-refractivity contribution in [3.63, 3.8) is 0 Å². The predicted molar refractivity (Wildman–Crippen MR) is 126 cm³/mol. The minimum Gasteiger partial charge on any atom is -0.361 e. The summed E-state index contributed by atoms with van der Waals surface area (Å²) in [6.45, 7) is 0.804. The van der Waals surface area contributed by atoms with Crippen molar-refractivity contribution < 1.29 is 14.4 Å². The fraction of sp³-hybridized carbons (Fsp3) is 0.148. The molecule has 2 heterocycles. The van der Waals surface area contributed by atoms with Gasteiger partial charge in [-0.15, -0.1) is 0 Å². The predicted octanol–water partition coefficient (Wildman–Crippen LogP) is 3.87. The highest BCUT2D eigenvalue weighted by atomic mass is 16.2. The first kappa shape index (κ1) is 20.7. The van der Waals surface area contributed by atoms with E-state index >= 15 is 0 Å². The summed E-state index contributed by atoms with van der Waals surface area (Å²) in [6, 6.07) is 22.6. The second kappa shape index (κ2) is 8.74. The first-order chi connectivity index (χ1) is 16.1. The molecule has 5 rings (SSSR count). The first-order valence-corrected chi connectivity index (χ1v) is 10.9. The summed E-state index contributed by atoms with van der Waals surface area (Å²) in [5.74, 6) is -0.529. The molecule has 0 fully saturated rings. The van der Waals surface area contributed by atoms with E-state index in [9.17, 15) is 14.4 Å². The lowest BCUT2D eigenvalue weighted by atomic mass is 10.0. The maximum atomic E-state index is 12.6. The molecule has 3 aromatic carbocycles. The number of hydrogen-bond acceptors (Lipinski definition) is 3. The lowest BCUT2D eigenvalue weighted by Gasteiger charge is -2.13. The van der Waals surface area contributed by atoms with Gasteiger partial charge in [-0.25, -0.2) is 0 Å². The molecule has 4 aromatic rings. The summed E-state index contributed by atoms with van der Waals surface area (Å²) in [4.78, 5) is 42.2. The molecule has 0 spiro atoms. The number of hydrogen-bond donors (Lipinski definition) is 2. The van der Waals surface area contributed by atoms with E-state index in [0.717, 1.165) is 27.6 Å². The van der Waals surface area contributed by atoms with Crippen molar-refractivity contribution in [1.29, 1.82) is 0 Å². The monoisotopic (exact) mass is 437 g/mol. The van der Waals surface area contributed by atoms with Crippen LogP contribution in [0.4, 0.5) is 0 Å². The molecule has 0 unspecified atom stereocenters. The maximum Gasteiger partial charge on any atom is 0.261 e. The second-order valence-electron chi connectivity index (χ2n) is 8.19. The highest BCUT2D eigenvalue weighted by Gasteiger charge is 2.34. The standard InChI is InChI=1S/C27H23N3O3/c31-25(29-16-18-6-2-1-3-7-18)15-19-10-11-24-23(14-19)20(17-28-24)12-13-30-26(32)21-8-4-5-9-22(21)27(30)33/h1-11,14,17,28H,12-13,15-16H2,(H,29,31). The highest BCUT2D eigenvalue weighted by Crippen LogP contribution is 2.25. The molecule has 0 bridgehead atoms.